The SMILES string of the molecule is NC(=O)C(Cc1c[nH]c2ccccc12)Nc1ccc(Nc2ccnc3ccccc23)cc1. The van der Waals surface area contributed by atoms with Crippen molar-refractivity contribution in [1.29, 1.82) is 0 Å². The summed E-state index contributed by atoms with van der Waals surface area (Å²) in [4.78, 5) is 19.8. The molecule has 3 aromatic carbocycles. The number of carbonyl (C=O) groups is 1. The van der Waals surface area contributed by atoms with Crippen molar-refractivity contribution in [2.24, 2.45) is 5.73 Å². The molecule has 6 nitrogen and oxygen atoms in total. The second-order valence-corrected chi connectivity index (χ2v) is 7.74. The maximum atomic E-state index is 12.1. The number of aromatic amines is 1. The molecule has 5 N–H and O–H groups in total. The van der Waals surface area contributed by atoms with Crippen molar-refractivity contribution in [3.63, 3.8) is 0 Å². The summed E-state index contributed by atoms with van der Waals surface area (Å²) in [6.07, 6.45) is 4.24. The van der Waals surface area contributed by atoms with E-state index in [2.05, 4.69) is 20.6 Å². The van der Waals surface area contributed by atoms with Gasteiger partial charge in [0, 0.05) is 52.2 Å². The monoisotopic (exact) mass is 421 g/mol. The predicted octanol–water partition coefficient (Wildman–Crippen LogP) is 4.97. The predicted molar refractivity (Wildman–Crippen MR) is 130 cm³/mol. The number of benzene rings is 3. The highest BCUT2D eigenvalue weighted by Gasteiger charge is 2.18. The van der Waals surface area contributed by atoms with E-state index >= 15 is 0 Å². The molecule has 1 atom stereocenters. The molecule has 2 aromatic heterocycles. The number of nitrogens with one attached hydrogen (secondary N) is 3. The highest BCUT2D eigenvalue weighted by atomic mass is 16.1. The number of hydrogen-bond acceptors (Lipinski definition) is 4. The zero-order valence-electron chi connectivity index (χ0n) is 17.4. The van der Waals surface area contributed by atoms with Gasteiger partial charge in [0.1, 0.15) is 6.04 Å². The van der Waals surface area contributed by atoms with Crippen LogP contribution in [0.2, 0.25) is 0 Å². The van der Waals surface area contributed by atoms with E-state index < -0.39 is 6.04 Å². The minimum Gasteiger partial charge on any atom is -0.373 e. The van der Waals surface area contributed by atoms with Crippen LogP contribution in [0.25, 0.3) is 21.8 Å². The number of rotatable bonds is 7. The van der Waals surface area contributed by atoms with Crippen molar-refractivity contribution in [3.05, 3.63) is 96.8 Å². The number of amides is 1. The Morgan fingerprint density at radius 1 is 0.906 bits per heavy atom. The molecule has 0 radical (unpaired) electrons. The van der Waals surface area contributed by atoms with E-state index in [0.717, 1.165) is 44.4 Å². The molecule has 2 heterocycles. The number of anilines is 3. The van der Waals surface area contributed by atoms with E-state index in [-0.39, 0.29) is 5.91 Å². The van der Waals surface area contributed by atoms with E-state index in [1.165, 1.54) is 0 Å². The molecule has 0 saturated heterocycles. The quantitative estimate of drug-likeness (QED) is 0.298. The second-order valence-electron chi connectivity index (χ2n) is 7.74. The van der Waals surface area contributed by atoms with Gasteiger partial charge in [0.2, 0.25) is 5.91 Å². The summed E-state index contributed by atoms with van der Waals surface area (Å²) in [5, 5.41) is 8.88. The standard InChI is InChI=1S/C26H23N5O/c27-26(32)25(15-17-16-29-22-7-3-1-5-20(17)22)31-19-11-9-18(10-12-19)30-24-13-14-28-23-8-4-2-6-21(23)24/h1-14,16,25,29,31H,15H2,(H2,27,32)(H,28,30). The van der Waals surface area contributed by atoms with E-state index in [0.29, 0.717) is 6.42 Å². The normalized spacial score (nSPS) is 12.0. The molecule has 6 heteroatoms. The molecule has 5 aromatic rings. The van der Waals surface area contributed by atoms with Crippen LogP contribution in [0.1, 0.15) is 5.56 Å². The number of carbonyl (C=O) groups excluding carboxylic acids is 1. The van der Waals surface area contributed by atoms with E-state index in [9.17, 15) is 4.79 Å². The third-order valence-corrected chi connectivity index (χ3v) is 5.60. The Balaban J connectivity index is 1.32. The lowest BCUT2D eigenvalue weighted by Crippen LogP contribution is -2.37. The number of nitrogens with two attached hydrogens (primary N) is 1. The van der Waals surface area contributed by atoms with Crippen LogP contribution in [0, 0.1) is 0 Å². The van der Waals surface area contributed by atoms with Gasteiger partial charge in [0.15, 0.2) is 0 Å². The number of pyridine rings is 1. The number of primary amides is 1. The lowest BCUT2D eigenvalue weighted by Gasteiger charge is -2.17. The third-order valence-electron chi connectivity index (χ3n) is 5.60. The maximum Gasteiger partial charge on any atom is 0.240 e. The topological polar surface area (TPSA) is 95.8 Å². The van der Waals surface area contributed by atoms with Gasteiger partial charge in [-0.3, -0.25) is 9.78 Å². The molecule has 0 fully saturated rings. The molecular weight excluding hydrogens is 398 g/mol. The van der Waals surface area contributed by atoms with Crippen molar-refractivity contribution in [2.45, 2.75) is 12.5 Å². The molecule has 5 rings (SSSR count). The fourth-order valence-electron chi connectivity index (χ4n) is 3.95. The van der Waals surface area contributed by atoms with Gasteiger partial charge in [-0.25, -0.2) is 0 Å². The van der Waals surface area contributed by atoms with Crippen LogP contribution in [-0.2, 0) is 11.2 Å². The van der Waals surface area contributed by atoms with Crippen molar-refractivity contribution < 1.29 is 4.79 Å². The van der Waals surface area contributed by atoms with Crippen LogP contribution in [0.15, 0.2) is 91.3 Å². The number of nitrogens with zero attached hydrogens (tertiary/aromatic N) is 1. The van der Waals surface area contributed by atoms with Crippen LogP contribution in [0.3, 0.4) is 0 Å². The highest BCUT2D eigenvalue weighted by molar-refractivity contribution is 5.93. The van der Waals surface area contributed by atoms with E-state index in [4.69, 9.17) is 5.73 Å². The molecule has 1 amide bonds. The minimum atomic E-state index is -0.517. The molecule has 0 aliphatic carbocycles. The van der Waals surface area contributed by atoms with Gasteiger partial charge in [0.05, 0.1) is 5.52 Å². The largest absolute Gasteiger partial charge is 0.373 e. The Hall–Kier alpha value is -4.32. The first-order chi connectivity index (χ1) is 15.7. The summed E-state index contributed by atoms with van der Waals surface area (Å²) < 4.78 is 0. The zero-order valence-corrected chi connectivity index (χ0v) is 17.4. The van der Waals surface area contributed by atoms with Crippen LogP contribution in [-0.4, -0.2) is 21.9 Å². The van der Waals surface area contributed by atoms with Gasteiger partial charge in [-0.15, -0.1) is 0 Å². The average molecular weight is 422 g/mol. The smallest absolute Gasteiger partial charge is 0.240 e. The first-order valence-corrected chi connectivity index (χ1v) is 10.5. The average Bonchev–Trinajstić information content (AvgIpc) is 3.23. The highest BCUT2D eigenvalue weighted by Crippen LogP contribution is 2.26. The lowest BCUT2D eigenvalue weighted by atomic mass is 10.0. The van der Waals surface area contributed by atoms with E-state index in [1.807, 2.05) is 85.1 Å². The van der Waals surface area contributed by atoms with Crippen molar-refractivity contribution in [2.75, 3.05) is 10.6 Å². The fourth-order valence-corrected chi connectivity index (χ4v) is 3.95. The Labute approximate surface area is 185 Å². The van der Waals surface area contributed by atoms with Gasteiger partial charge >= 0.3 is 0 Å². The zero-order chi connectivity index (χ0) is 21.9. The number of aromatic nitrogens is 2. The number of fused-ring (bicyclic) bond motifs is 2. The van der Waals surface area contributed by atoms with Crippen LogP contribution in [0.4, 0.5) is 17.1 Å². The van der Waals surface area contributed by atoms with Crippen LogP contribution < -0.4 is 16.4 Å². The number of hydrogen-bond donors (Lipinski definition) is 4. The molecular formula is C26H23N5O. The first-order valence-electron chi connectivity index (χ1n) is 10.5. The van der Waals surface area contributed by atoms with Crippen molar-refractivity contribution >= 4 is 44.8 Å². The Kier molecular flexibility index (Phi) is 5.17. The molecule has 158 valence electrons. The summed E-state index contributed by atoms with van der Waals surface area (Å²) in [6.45, 7) is 0. The third kappa shape index (κ3) is 3.98. The lowest BCUT2D eigenvalue weighted by molar-refractivity contribution is -0.118. The van der Waals surface area contributed by atoms with Crippen molar-refractivity contribution in [1.82, 2.24) is 9.97 Å². The second kappa shape index (κ2) is 8.43. The Morgan fingerprint density at radius 2 is 1.62 bits per heavy atom. The fraction of sp³-hybridized carbons (Fsp3) is 0.0769. The van der Waals surface area contributed by atoms with E-state index in [1.54, 1.807) is 6.20 Å². The Morgan fingerprint density at radius 3 is 2.44 bits per heavy atom. The van der Waals surface area contributed by atoms with Gasteiger partial charge in [-0.2, -0.15) is 0 Å². The van der Waals surface area contributed by atoms with Gasteiger partial charge in [0.25, 0.3) is 0 Å². The first kappa shape index (κ1) is 19.6. The van der Waals surface area contributed by atoms with Crippen molar-refractivity contribution in [3.8, 4) is 0 Å². The molecule has 0 spiro atoms. The summed E-state index contributed by atoms with van der Waals surface area (Å²) >= 11 is 0. The number of para-hydroxylation sites is 2. The molecule has 0 bridgehead atoms. The summed E-state index contributed by atoms with van der Waals surface area (Å²) in [5.41, 5.74) is 11.5. The maximum absolute atomic E-state index is 12.1. The van der Waals surface area contributed by atoms with Gasteiger partial charge < -0.3 is 21.4 Å². The van der Waals surface area contributed by atoms with Crippen LogP contribution in [0.5, 0.6) is 0 Å². The minimum absolute atomic E-state index is 0.388. The number of H-pyrrole nitrogens is 1. The summed E-state index contributed by atoms with van der Waals surface area (Å²) in [5.74, 6) is -0.388. The molecule has 0 aliphatic rings. The molecule has 0 aliphatic heterocycles. The molecule has 32 heavy (non-hydrogen) atoms. The van der Waals surface area contributed by atoms with Gasteiger partial charge in [-0.1, -0.05) is 36.4 Å². The summed E-state index contributed by atoms with van der Waals surface area (Å²) in [6, 6.07) is 25.3. The van der Waals surface area contributed by atoms with Crippen LogP contribution >= 0.6 is 0 Å². The summed E-state index contributed by atoms with van der Waals surface area (Å²) in [7, 11) is 0. The van der Waals surface area contributed by atoms with Gasteiger partial charge in [-0.05, 0) is 48.0 Å². The Bertz CT molecular complexity index is 1390. The molecule has 0 saturated carbocycles. The molecule has 1 unspecified atom stereocenters.